The summed E-state index contributed by atoms with van der Waals surface area (Å²) in [5.74, 6) is 0.751. The Balaban J connectivity index is 3.32. The smallest absolute Gasteiger partial charge is 0.323 e. The van der Waals surface area contributed by atoms with Gasteiger partial charge in [-0.25, -0.2) is 0 Å². The van der Waals surface area contributed by atoms with Crippen LogP contribution in [0.5, 0.6) is 17.2 Å². The molecule has 2 atom stereocenters. The van der Waals surface area contributed by atoms with Crippen LogP contribution in [-0.2, 0) is 4.79 Å². The Bertz CT molecular complexity index is 529. The molecule has 0 heterocycles. The minimum absolute atomic E-state index is 0.158. The van der Waals surface area contributed by atoms with E-state index >= 15 is 0 Å². The van der Waals surface area contributed by atoms with E-state index in [0.29, 0.717) is 37.1 Å². The second-order valence-corrected chi connectivity index (χ2v) is 5.96. The van der Waals surface area contributed by atoms with Crippen molar-refractivity contribution in [3.63, 3.8) is 0 Å². The molecule has 3 N–H and O–H groups in total. The number of hydrogen-bond acceptors (Lipinski definition) is 5. The molecule has 6 heteroatoms. The van der Waals surface area contributed by atoms with E-state index in [9.17, 15) is 9.90 Å². The van der Waals surface area contributed by atoms with Crippen molar-refractivity contribution in [2.45, 2.75) is 52.5 Å². The van der Waals surface area contributed by atoms with Gasteiger partial charge in [0, 0.05) is 17.7 Å². The molecular formula is C18H29NO5. The average molecular weight is 339 g/mol. The van der Waals surface area contributed by atoms with E-state index in [1.54, 1.807) is 0 Å². The van der Waals surface area contributed by atoms with E-state index in [4.69, 9.17) is 19.9 Å². The number of carboxylic acids is 1. The third-order valence-electron chi connectivity index (χ3n) is 3.70. The van der Waals surface area contributed by atoms with E-state index in [1.807, 2.05) is 39.8 Å². The van der Waals surface area contributed by atoms with E-state index in [1.165, 1.54) is 6.92 Å². The largest absolute Gasteiger partial charge is 0.494 e. The first-order valence-electron chi connectivity index (χ1n) is 8.35. The molecule has 1 aromatic carbocycles. The molecule has 0 radical (unpaired) electrons. The molecule has 0 aliphatic heterocycles. The van der Waals surface area contributed by atoms with Crippen LogP contribution in [0, 0.1) is 0 Å². The summed E-state index contributed by atoms with van der Waals surface area (Å²) >= 11 is 0. The molecule has 0 aliphatic carbocycles. The highest BCUT2D eigenvalue weighted by molar-refractivity contribution is 5.78. The molecule has 1 rings (SSSR count). The average Bonchev–Trinajstić information content (AvgIpc) is 2.47. The van der Waals surface area contributed by atoms with Crippen LogP contribution in [0.4, 0.5) is 0 Å². The third kappa shape index (κ3) is 5.03. The van der Waals surface area contributed by atoms with Crippen molar-refractivity contribution in [3.05, 3.63) is 17.7 Å². The predicted octanol–water partition coefficient (Wildman–Crippen LogP) is 3.18. The van der Waals surface area contributed by atoms with E-state index < -0.39 is 11.5 Å². The predicted molar refractivity (Wildman–Crippen MR) is 93.2 cm³/mol. The maximum absolute atomic E-state index is 11.3. The Kier molecular flexibility index (Phi) is 7.35. The zero-order chi connectivity index (χ0) is 18.3. The molecule has 2 unspecified atom stereocenters. The second kappa shape index (κ2) is 8.78. The first-order valence-corrected chi connectivity index (χ1v) is 8.35. The summed E-state index contributed by atoms with van der Waals surface area (Å²) < 4.78 is 17.1. The Morgan fingerprint density at radius 2 is 1.58 bits per heavy atom. The molecule has 6 nitrogen and oxygen atoms in total. The fourth-order valence-electron chi connectivity index (χ4n) is 2.69. The van der Waals surface area contributed by atoms with Gasteiger partial charge in [0.15, 0.2) is 0 Å². The molecule has 0 aliphatic rings. The van der Waals surface area contributed by atoms with Crippen molar-refractivity contribution in [2.24, 2.45) is 5.73 Å². The number of aliphatic carboxylic acids is 1. The zero-order valence-electron chi connectivity index (χ0n) is 15.2. The van der Waals surface area contributed by atoms with Gasteiger partial charge in [-0.1, -0.05) is 6.92 Å². The zero-order valence-corrected chi connectivity index (χ0v) is 15.2. The first-order chi connectivity index (χ1) is 11.3. The van der Waals surface area contributed by atoms with Gasteiger partial charge in [0.05, 0.1) is 19.8 Å². The minimum atomic E-state index is -1.33. The lowest BCUT2D eigenvalue weighted by molar-refractivity contribution is -0.143. The Labute approximate surface area is 143 Å². The lowest BCUT2D eigenvalue weighted by Gasteiger charge is -2.27. The summed E-state index contributed by atoms with van der Waals surface area (Å²) in [6.07, 6.45) is 0.260. The first kappa shape index (κ1) is 20.1. The van der Waals surface area contributed by atoms with E-state index in [0.717, 1.165) is 5.56 Å². The molecule has 1 aromatic rings. The Morgan fingerprint density at radius 3 is 1.96 bits per heavy atom. The van der Waals surface area contributed by atoms with Crippen LogP contribution in [0.25, 0.3) is 0 Å². The van der Waals surface area contributed by atoms with Gasteiger partial charge in [-0.15, -0.1) is 0 Å². The molecule has 136 valence electrons. The van der Waals surface area contributed by atoms with Gasteiger partial charge in [0.25, 0.3) is 0 Å². The van der Waals surface area contributed by atoms with Crippen molar-refractivity contribution in [1.82, 2.24) is 0 Å². The number of ether oxygens (including phenoxy) is 3. The summed E-state index contributed by atoms with van der Waals surface area (Å²) in [5.41, 5.74) is 5.41. The molecule has 24 heavy (non-hydrogen) atoms. The Morgan fingerprint density at radius 1 is 1.12 bits per heavy atom. The van der Waals surface area contributed by atoms with E-state index in [-0.39, 0.29) is 12.3 Å². The lowest BCUT2D eigenvalue weighted by atomic mass is 9.85. The summed E-state index contributed by atoms with van der Waals surface area (Å²) in [6.45, 7) is 10.6. The third-order valence-corrected chi connectivity index (χ3v) is 3.70. The van der Waals surface area contributed by atoms with Crippen LogP contribution < -0.4 is 19.9 Å². The molecule has 0 spiro atoms. The van der Waals surface area contributed by atoms with Gasteiger partial charge in [-0.2, -0.15) is 0 Å². The lowest BCUT2D eigenvalue weighted by Crippen LogP contribution is -2.45. The van der Waals surface area contributed by atoms with Gasteiger partial charge < -0.3 is 25.1 Å². The maximum atomic E-state index is 11.3. The normalized spacial score (nSPS) is 14.6. The molecule has 0 bridgehead atoms. The number of hydrogen-bond donors (Lipinski definition) is 2. The molecule has 0 saturated carbocycles. The van der Waals surface area contributed by atoms with Crippen LogP contribution in [-0.4, -0.2) is 36.4 Å². The summed E-state index contributed by atoms with van der Waals surface area (Å²) in [5, 5.41) is 9.29. The van der Waals surface area contributed by atoms with Crippen LogP contribution in [0.3, 0.4) is 0 Å². The van der Waals surface area contributed by atoms with Crippen molar-refractivity contribution >= 4 is 5.97 Å². The molecular weight excluding hydrogens is 310 g/mol. The monoisotopic (exact) mass is 339 g/mol. The fourth-order valence-corrected chi connectivity index (χ4v) is 2.69. The number of benzene rings is 1. The summed E-state index contributed by atoms with van der Waals surface area (Å²) in [4.78, 5) is 11.3. The van der Waals surface area contributed by atoms with Crippen LogP contribution in [0.1, 0.15) is 52.5 Å². The Hall–Kier alpha value is -1.95. The number of carbonyl (C=O) groups is 1. The highest BCUT2D eigenvalue weighted by Gasteiger charge is 2.32. The van der Waals surface area contributed by atoms with Crippen molar-refractivity contribution in [2.75, 3.05) is 19.8 Å². The topological polar surface area (TPSA) is 91.0 Å². The van der Waals surface area contributed by atoms with Crippen LogP contribution >= 0.6 is 0 Å². The number of carboxylic acid groups (broad SMARTS) is 1. The number of rotatable bonds is 10. The second-order valence-electron chi connectivity index (χ2n) is 5.96. The van der Waals surface area contributed by atoms with Crippen molar-refractivity contribution < 1.29 is 24.1 Å². The standard InChI is InChI=1S/C18H29NO5/c1-6-22-13-9-14(23-7-2)16(15(10-13)24-8-3)12(4)11-18(5,19)17(20)21/h9-10,12H,6-8,11,19H2,1-5H3,(H,20,21). The highest BCUT2D eigenvalue weighted by atomic mass is 16.5. The summed E-state index contributed by atoms with van der Waals surface area (Å²) in [6, 6.07) is 3.63. The quantitative estimate of drug-likeness (QED) is 0.680. The van der Waals surface area contributed by atoms with Gasteiger partial charge >= 0.3 is 5.97 Å². The van der Waals surface area contributed by atoms with Gasteiger partial charge in [-0.3, -0.25) is 4.79 Å². The SMILES string of the molecule is CCOc1cc(OCC)c(C(C)CC(C)(N)C(=O)O)c(OCC)c1. The van der Waals surface area contributed by atoms with Gasteiger partial charge in [0.1, 0.15) is 22.8 Å². The van der Waals surface area contributed by atoms with Crippen molar-refractivity contribution in [3.8, 4) is 17.2 Å². The molecule has 0 amide bonds. The molecule has 0 fully saturated rings. The van der Waals surface area contributed by atoms with Crippen molar-refractivity contribution in [1.29, 1.82) is 0 Å². The van der Waals surface area contributed by atoms with Crippen LogP contribution in [0.2, 0.25) is 0 Å². The van der Waals surface area contributed by atoms with Gasteiger partial charge in [0.2, 0.25) is 0 Å². The highest BCUT2D eigenvalue weighted by Crippen LogP contribution is 2.42. The van der Waals surface area contributed by atoms with Crippen LogP contribution in [0.15, 0.2) is 12.1 Å². The van der Waals surface area contributed by atoms with E-state index in [2.05, 4.69) is 0 Å². The molecule has 0 aromatic heterocycles. The minimum Gasteiger partial charge on any atom is -0.494 e. The maximum Gasteiger partial charge on any atom is 0.323 e. The van der Waals surface area contributed by atoms with Gasteiger partial charge in [-0.05, 0) is 40.0 Å². The fraction of sp³-hybridized carbons (Fsp3) is 0.611. The molecule has 0 saturated heterocycles. The summed E-state index contributed by atoms with van der Waals surface area (Å²) in [7, 11) is 0. The number of nitrogens with two attached hydrogens (primary N) is 1.